The molecule has 2 aromatic rings. The van der Waals surface area contributed by atoms with E-state index in [0.29, 0.717) is 8.78 Å². The van der Waals surface area contributed by atoms with Crippen molar-refractivity contribution >= 4 is 48.5 Å². The molecule has 0 bridgehead atoms. The zero-order valence-electron chi connectivity index (χ0n) is 11.9. The molecule has 0 aliphatic heterocycles. The number of sulfonamides is 1. The van der Waals surface area contributed by atoms with Gasteiger partial charge in [-0.3, -0.25) is 9.10 Å². The first-order valence-electron chi connectivity index (χ1n) is 6.49. The Labute approximate surface area is 147 Å². The van der Waals surface area contributed by atoms with Crippen molar-refractivity contribution in [3.05, 3.63) is 58.8 Å². The van der Waals surface area contributed by atoms with Crippen LogP contribution in [0.5, 0.6) is 0 Å². The quantitative estimate of drug-likeness (QED) is 0.689. The minimum Gasteiger partial charge on any atom is -0.279 e. The van der Waals surface area contributed by atoms with Gasteiger partial charge in [0.1, 0.15) is 11.9 Å². The van der Waals surface area contributed by atoms with E-state index in [1.807, 2.05) is 0 Å². The van der Waals surface area contributed by atoms with Crippen LogP contribution in [0.15, 0.2) is 57.9 Å². The summed E-state index contributed by atoms with van der Waals surface area (Å²) in [6.45, 7) is 1.30. The molecule has 8 heteroatoms. The number of carbonyl (C=O) groups is 1. The van der Waals surface area contributed by atoms with Gasteiger partial charge >= 0.3 is 0 Å². The third kappa shape index (κ3) is 3.73. The molecule has 0 aliphatic rings. The molecule has 1 unspecified atom stereocenters. The van der Waals surface area contributed by atoms with E-state index >= 15 is 0 Å². The molecule has 4 nitrogen and oxygen atoms in total. The van der Waals surface area contributed by atoms with Gasteiger partial charge in [0.05, 0.1) is 10.6 Å². The van der Waals surface area contributed by atoms with Gasteiger partial charge < -0.3 is 0 Å². The number of rotatable bonds is 5. The number of halogens is 3. The number of hydrogen-bond acceptors (Lipinski definition) is 3. The molecule has 1 atom stereocenters. The second-order valence-electron chi connectivity index (χ2n) is 4.69. The van der Waals surface area contributed by atoms with Gasteiger partial charge in [0, 0.05) is 4.47 Å². The second-order valence-corrected chi connectivity index (χ2v) is 7.79. The van der Waals surface area contributed by atoms with Gasteiger partial charge in [0.25, 0.3) is 10.0 Å². The summed E-state index contributed by atoms with van der Waals surface area (Å²) in [5, 5.41) is -0.908. The van der Waals surface area contributed by atoms with Gasteiger partial charge in [0.2, 0.25) is 5.24 Å². The summed E-state index contributed by atoms with van der Waals surface area (Å²) in [4.78, 5) is 11.5. The first-order valence-corrected chi connectivity index (χ1v) is 9.10. The monoisotopic (exact) mass is 419 g/mol. The van der Waals surface area contributed by atoms with Gasteiger partial charge in [0.15, 0.2) is 0 Å². The second kappa shape index (κ2) is 6.98. The van der Waals surface area contributed by atoms with Crippen LogP contribution in [0.2, 0.25) is 0 Å². The molecular formula is C15H12BrClFNO3S. The van der Waals surface area contributed by atoms with Crippen LogP contribution in [-0.2, 0) is 14.8 Å². The van der Waals surface area contributed by atoms with Crippen LogP contribution >= 0.6 is 27.5 Å². The van der Waals surface area contributed by atoms with Crippen LogP contribution < -0.4 is 4.31 Å². The lowest BCUT2D eigenvalue weighted by molar-refractivity contribution is -0.112. The number of nitrogens with zero attached hydrogens (tertiary/aromatic N) is 1. The Morgan fingerprint density at radius 3 is 2.26 bits per heavy atom. The number of anilines is 1. The molecule has 0 spiro atoms. The van der Waals surface area contributed by atoms with E-state index in [-0.39, 0.29) is 10.6 Å². The average molecular weight is 421 g/mol. The van der Waals surface area contributed by atoms with Crippen molar-refractivity contribution in [3.8, 4) is 0 Å². The minimum absolute atomic E-state index is 0.0753. The number of carbonyl (C=O) groups excluding carboxylic acids is 1. The summed E-state index contributed by atoms with van der Waals surface area (Å²) in [5.74, 6) is -0.766. The van der Waals surface area contributed by atoms with Crippen LogP contribution in [0.4, 0.5) is 10.1 Å². The fourth-order valence-electron chi connectivity index (χ4n) is 1.99. The SMILES string of the molecule is CC(C(=O)Cl)N(c1ccccc1F)S(=O)(=O)c1ccc(Br)cc1. The molecule has 2 rings (SSSR count). The maximum atomic E-state index is 14.1. The number of para-hydroxylation sites is 1. The largest absolute Gasteiger partial charge is 0.279 e. The highest BCUT2D eigenvalue weighted by atomic mass is 79.9. The van der Waals surface area contributed by atoms with E-state index in [0.717, 1.165) is 6.07 Å². The molecule has 0 radical (unpaired) electrons. The van der Waals surface area contributed by atoms with Crippen molar-refractivity contribution < 1.29 is 17.6 Å². The smallest absolute Gasteiger partial charge is 0.265 e. The van der Waals surface area contributed by atoms with Crippen LogP contribution in [0, 0.1) is 5.82 Å². The van der Waals surface area contributed by atoms with E-state index < -0.39 is 27.1 Å². The predicted octanol–water partition coefficient (Wildman–Crippen LogP) is 3.94. The molecule has 0 saturated heterocycles. The van der Waals surface area contributed by atoms with Crippen LogP contribution in [0.1, 0.15) is 6.92 Å². The van der Waals surface area contributed by atoms with Crippen molar-refractivity contribution in [2.45, 2.75) is 17.9 Å². The molecule has 0 amide bonds. The first kappa shape index (κ1) is 17.9. The van der Waals surface area contributed by atoms with Crippen molar-refractivity contribution in [1.82, 2.24) is 0 Å². The third-order valence-corrected chi connectivity index (χ3v) is 5.88. The molecule has 122 valence electrons. The van der Waals surface area contributed by atoms with Crippen LogP contribution in [0.3, 0.4) is 0 Å². The predicted molar refractivity (Wildman–Crippen MR) is 90.5 cm³/mol. The standard InChI is InChI=1S/C15H12BrClFNO3S/c1-10(15(17)20)19(14-5-3-2-4-13(14)18)23(21,22)12-8-6-11(16)7-9-12/h2-10H,1H3. The van der Waals surface area contributed by atoms with Crippen molar-refractivity contribution in [3.63, 3.8) is 0 Å². The molecule has 0 N–H and O–H groups in total. The van der Waals surface area contributed by atoms with Crippen LogP contribution in [-0.4, -0.2) is 19.7 Å². The lowest BCUT2D eigenvalue weighted by atomic mass is 10.2. The van der Waals surface area contributed by atoms with Gasteiger partial charge in [-0.05, 0) is 54.9 Å². The zero-order valence-corrected chi connectivity index (χ0v) is 15.1. The van der Waals surface area contributed by atoms with E-state index in [2.05, 4.69) is 15.9 Å². The fourth-order valence-corrected chi connectivity index (χ4v) is 4.04. The minimum atomic E-state index is -4.17. The summed E-state index contributed by atoms with van der Waals surface area (Å²) in [6, 6.07) is 9.84. The van der Waals surface area contributed by atoms with Gasteiger partial charge in [-0.25, -0.2) is 12.8 Å². The summed E-state index contributed by atoms with van der Waals surface area (Å²) >= 11 is 8.68. The van der Waals surface area contributed by atoms with Crippen LogP contribution in [0.25, 0.3) is 0 Å². The highest BCUT2D eigenvalue weighted by Crippen LogP contribution is 2.29. The molecule has 0 fully saturated rings. The van der Waals surface area contributed by atoms with E-state index in [4.69, 9.17) is 11.6 Å². The zero-order chi connectivity index (χ0) is 17.2. The van der Waals surface area contributed by atoms with E-state index in [1.54, 1.807) is 12.1 Å². The summed E-state index contributed by atoms with van der Waals surface area (Å²) in [6.07, 6.45) is 0. The Kier molecular flexibility index (Phi) is 5.44. The Bertz CT molecular complexity index is 827. The van der Waals surface area contributed by atoms with Crippen molar-refractivity contribution in [2.75, 3.05) is 4.31 Å². The highest BCUT2D eigenvalue weighted by Gasteiger charge is 2.34. The van der Waals surface area contributed by atoms with Gasteiger partial charge in [-0.15, -0.1) is 0 Å². The number of benzene rings is 2. The normalized spacial score (nSPS) is 12.7. The molecular weight excluding hydrogens is 409 g/mol. The number of hydrogen-bond donors (Lipinski definition) is 0. The molecule has 0 aliphatic carbocycles. The van der Waals surface area contributed by atoms with Crippen molar-refractivity contribution in [1.29, 1.82) is 0 Å². The first-order chi connectivity index (χ1) is 10.7. The Morgan fingerprint density at radius 2 is 1.74 bits per heavy atom. The summed E-state index contributed by atoms with van der Waals surface area (Å²) in [7, 11) is -4.17. The summed E-state index contributed by atoms with van der Waals surface area (Å²) < 4.78 is 41.2. The Morgan fingerprint density at radius 1 is 1.17 bits per heavy atom. The van der Waals surface area contributed by atoms with Crippen molar-refractivity contribution in [2.24, 2.45) is 0 Å². The van der Waals surface area contributed by atoms with E-state index in [9.17, 15) is 17.6 Å². The molecule has 0 heterocycles. The van der Waals surface area contributed by atoms with Gasteiger partial charge in [-0.1, -0.05) is 28.1 Å². The molecule has 0 aromatic heterocycles. The lowest BCUT2D eigenvalue weighted by Gasteiger charge is -2.28. The Balaban J connectivity index is 2.64. The topological polar surface area (TPSA) is 54.5 Å². The molecule has 2 aromatic carbocycles. The fraction of sp³-hybridized carbons (Fsp3) is 0.133. The average Bonchev–Trinajstić information content (AvgIpc) is 2.49. The highest BCUT2D eigenvalue weighted by molar-refractivity contribution is 9.10. The third-order valence-electron chi connectivity index (χ3n) is 3.14. The van der Waals surface area contributed by atoms with Gasteiger partial charge in [-0.2, -0.15) is 0 Å². The maximum Gasteiger partial charge on any atom is 0.265 e. The Hall–Kier alpha value is -1.44. The lowest BCUT2D eigenvalue weighted by Crippen LogP contribution is -2.42. The summed E-state index contributed by atoms with van der Waals surface area (Å²) in [5.41, 5.74) is -0.239. The van der Waals surface area contributed by atoms with E-state index in [1.165, 1.54) is 37.3 Å². The molecule has 0 saturated carbocycles. The maximum absolute atomic E-state index is 14.1. The molecule has 23 heavy (non-hydrogen) atoms.